The van der Waals surface area contributed by atoms with Gasteiger partial charge < -0.3 is 10.0 Å². The van der Waals surface area contributed by atoms with Crippen molar-refractivity contribution in [2.24, 2.45) is 5.41 Å². The number of carbonyl (C=O) groups is 1. The third-order valence-electron chi connectivity index (χ3n) is 5.11. The van der Waals surface area contributed by atoms with E-state index in [0.717, 1.165) is 32.4 Å². The Balaban J connectivity index is 1.88. The van der Waals surface area contributed by atoms with Crippen LogP contribution < -0.4 is 0 Å². The smallest absolute Gasteiger partial charge is 0.223 e. The standard InChI is InChI=1S/C18H27NO2/c1-3-18(14-20)9-11-19(12-10-18)17(21)13-15(2)16-7-5-4-6-8-16/h4-8,15,20H,3,9-14H2,1-2H3. The second-order valence-corrected chi connectivity index (χ2v) is 6.41. The van der Waals surface area contributed by atoms with E-state index in [4.69, 9.17) is 0 Å². The van der Waals surface area contributed by atoms with Crippen molar-refractivity contribution in [3.05, 3.63) is 35.9 Å². The molecule has 1 amide bonds. The van der Waals surface area contributed by atoms with Gasteiger partial charge in [0.25, 0.3) is 0 Å². The molecule has 1 aromatic carbocycles. The molecular weight excluding hydrogens is 262 g/mol. The first-order valence-corrected chi connectivity index (χ1v) is 8.04. The van der Waals surface area contributed by atoms with Gasteiger partial charge in [0.2, 0.25) is 5.91 Å². The number of rotatable bonds is 5. The SMILES string of the molecule is CCC1(CO)CCN(C(=O)CC(C)c2ccccc2)CC1. The maximum atomic E-state index is 12.4. The monoisotopic (exact) mass is 289 g/mol. The zero-order valence-electron chi connectivity index (χ0n) is 13.2. The largest absolute Gasteiger partial charge is 0.396 e. The van der Waals surface area contributed by atoms with Gasteiger partial charge in [-0.15, -0.1) is 0 Å². The Bertz CT molecular complexity index is 444. The molecule has 116 valence electrons. The van der Waals surface area contributed by atoms with E-state index in [2.05, 4.69) is 26.0 Å². The Labute approximate surface area is 128 Å². The quantitative estimate of drug-likeness (QED) is 0.904. The molecule has 0 aliphatic carbocycles. The average Bonchev–Trinajstić information content (AvgIpc) is 2.55. The van der Waals surface area contributed by atoms with Gasteiger partial charge in [0.15, 0.2) is 0 Å². The van der Waals surface area contributed by atoms with Gasteiger partial charge in [-0.25, -0.2) is 0 Å². The zero-order valence-corrected chi connectivity index (χ0v) is 13.2. The molecule has 0 bridgehead atoms. The number of benzene rings is 1. The highest BCUT2D eigenvalue weighted by Gasteiger charge is 2.33. The Morgan fingerprint density at radius 1 is 1.29 bits per heavy atom. The summed E-state index contributed by atoms with van der Waals surface area (Å²) >= 11 is 0. The molecule has 1 saturated heterocycles. The van der Waals surface area contributed by atoms with Gasteiger partial charge in [-0.05, 0) is 36.2 Å². The summed E-state index contributed by atoms with van der Waals surface area (Å²) in [4.78, 5) is 14.4. The van der Waals surface area contributed by atoms with Crippen LogP contribution in [0.3, 0.4) is 0 Å². The number of carbonyl (C=O) groups excluding carboxylic acids is 1. The van der Waals surface area contributed by atoms with Crippen molar-refractivity contribution in [1.29, 1.82) is 0 Å². The van der Waals surface area contributed by atoms with Crippen LogP contribution in [0.15, 0.2) is 30.3 Å². The number of hydrogen-bond donors (Lipinski definition) is 1. The van der Waals surface area contributed by atoms with Gasteiger partial charge in [-0.2, -0.15) is 0 Å². The van der Waals surface area contributed by atoms with Crippen molar-refractivity contribution < 1.29 is 9.90 Å². The van der Waals surface area contributed by atoms with Crippen molar-refractivity contribution in [3.8, 4) is 0 Å². The van der Waals surface area contributed by atoms with Crippen LogP contribution in [-0.4, -0.2) is 35.6 Å². The molecule has 3 nitrogen and oxygen atoms in total. The first kappa shape index (κ1) is 16.0. The van der Waals surface area contributed by atoms with Gasteiger partial charge in [0, 0.05) is 26.1 Å². The fourth-order valence-corrected chi connectivity index (χ4v) is 3.14. The molecule has 0 aromatic heterocycles. The summed E-state index contributed by atoms with van der Waals surface area (Å²) in [5.74, 6) is 0.503. The fourth-order valence-electron chi connectivity index (χ4n) is 3.14. The number of nitrogens with zero attached hydrogens (tertiary/aromatic N) is 1. The third kappa shape index (κ3) is 3.85. The van der Waals surface area contributed by atoms with E-state index in [1.807, 2.05) is 23.1 Å². The van der Waals surface area contributed by atoms with Crippen molar-refractivity contribution in [2.75, 3.05) is 19.7 Å². The van der Waals surface area contributed by atoms with Crippen LogP contribution >= 0.6 is 0 Å². The Hall–Kier alpha value is -1.35. The first-order chi connectivity index (χ1) is 10.1. The van der Waals surface area contributed by atoms with Crippen molar-refractivity contribution in [1.82, 2.24) is 4.90 Å². The highest BCUT2D eigenvalue weighted by Crippen LogP contribution is 2.34. The molecule has 0 radical (unpaired) electrons. The summed E-state index contributed by atoms with van der Waals surface area (Å²) in [6, 6.07) is 10.2. The van der Waals surface area contributed by atoms with Crippen molar-refractivity contribution >= 4 is 5.91 Å². The van der Waals surface area contributed by atoms with Crippen LogP contribution in [0.5, 0.6) is 0 Å². The number of aliphatic hydroxyl groups excluding tert-OH is 1. The summed E-state index contributed by atoms with van der Waals surface area (Å²) < 4.78 is 0. The van der Waals surface area contributed by atoms with Gasteiger partial charge in [-0.3, -0.25) is 4.79 Å². The molecule has 2 rings (SSSR count). The Kier molecular flexibility index (Phi) is 5.40. The summed E-state index contributed by atoms with van der Waals surface area (Å²) in [7, 11) is 0. The predicted octanol–water partition coefficient (Wildman–Crippen LogP) is 3.19. The molecule has 1 heterocycles. The van der Waals surface area contributed by atoms with Crippen LogP contribution in [0.1, 0.15) is 51.0 Å². The summed E-state index contributed by atoms with van der Waals surface area (Å²) in [5.41, 5.74) is 1.27. The molecular formula is C18H27NO2. The second kappa shape index (κ2) is 7.08. The normalized spacial score (nSPS) is 19.3. The number of piperidine rings is 1. The number of amides is 1. The molecule has 1 unspecified atom stereocenters. The molecule has 1 fully saturated rings. The van der Waals surface area contributed by atoms with Crippen molar-refractivity contribution in [2.45, 2.75) is 45.4 Å². The molecule has 1 atom stereocenters. The molecule has 1 aliphatic heterocycles. The molecule has 21 heavy (non-hydrogen) atoms. The zero-order chi connectivity index (χ0) is 15.3. The van der Waals surface area contributed by atoms with E-state index in [-0.39, 0.29) is 23.8 Å². The van der Waals surface area contributed by atoms with E-state index >= 15 is 0 Å². The second-order valence-electron chi connectivity index (χ2n) is 6.41. The minimum atomic E-state index is 0.0435. The molecule has 0 saturated carbocycles. The number of likely N-dealkylation sites (tertiary alicyclic amines) is 1. The van der Waals surface area contributed by atoms with Crippen LogP contribution in [0.4, 0.5) is 0 Å². The van der Waals surface area contributed by atoms with Gasteiger partial charge >= 0.3 is 0 Å². The topological polar surface area (TPSA) is 40.5 Å². The highest BCUT2D eigenvalue weighted by molar-refractivity contribution is 5.77. The molecule has 1 aliphatic rings. The van der Waals surface area contributed by atoms with E-state index in [9.17, 15) is 9.90 Å². The van der Waals surface area contributed by atoms with Crippen LogP contribution in [-0.2, 0) is 4.79 Å². The maximum Gasteiger partial charge on any atom is 0.223 e. The lowest BCUT2D eigenvalue weighted by Crippen LogP contribution is -2.44. The minimum absolute atomic E-state index is 0.0435. The summed E-state index contributed by atoms with van der Waals surface area (Å²) in [6.07, 6.45) is 3.41. The summed E-state index contributed by atoms with van der Waals surface area (Å²) in [5, 5.41) is 9.56. The molecule has 3 heteroatoms. The van der Waals surface area contributed by atoms with Crippen molar-refractivity contribution in [3.63, 3.8) is 0 Å². The van der Waals surface area contributed by atoms with Crippen LogP contribution in [0.2, 0.25) is 0 Å². The highest BCUT2D eigenvalue weighted by atomic mass is 16.3. The average molecular weight is 289 g/mol. The lowest BCUT2D eigenvalue weighted by Gasteiger charge is -2.40. The number of aliphatic hydroxyl groups is 1. The fraction of sp³-hybridized carbons (Fsp3) is 0.611. The van der Waals surface area contributed by atoms with E-state index in [0.29, 0.717) is 6.42 Å². The number of hydrogen-bond acceptors (Lipinski definition) is 2. The summed E-state index contributed by atoms with van der Waals surface area (Å²) in [6.45, 7) is 6.06. The van der Waals surface area contributed by atoms with Crippen LogP contribution in [0.25, 0.3) is 0 Å². The Morgan fingerprint density at radius 3 is 2.43 bits per heavy atom. The van der Waals surface area contributed by atoms with Gasteiger partial charge in [-0.1, -0.05) is 44.2 Å². The third-order valence-corrected chi connectivity index (χ3v) is 5.11. The molecule has 1 aromatic rings. The lowest BCUT2D eigenvalue weighted by molar-refractivity contribution is -0.134. The van der Waals surface area contributed by atoms with E-state index in [1.54, 1.807) is 0 Å². The van der Waals surface area contributed by atoms with Crippen LogP contribution in [0, 0.1) is 5.41 Å². The molecule has 1 N–H and O–H groups in total. The van der Waals surface area contributed by atoms with Gasteiger partial charge in [0.05, 0.1) is 0 Å². The minimum Gasteiger partial charge on any atom is -0.396 e. The maximum absolute atomic E-state index is 12.4. The van der Waals surface area contributed by atoms with E-state index < -0.39 is 0 Å². The molecule has 0 spiro atoms. The van der Waals surface area contributed by atoms with E-state index in [1.165, 1.54) is 5.56 Å². The lowest BCUT2D eigenvalue weighted by atomic mass is 9.77. The Morgan fingerprint density at radius 2 is 1.90 bits per heavy atom. The predicted molar refractivity (Wildman–Crippen MR) is 85.1 cm³/mol. The van der Waals surface area contributed by atoms with Gasteiger partial charge in [0.1, 0.15) is 0 Å². The first-order valence-electron chi connectivity index (χ1n) is 8.04.